The minimum absolute atomic E-state index is 0.168. The molecular formula is C16H23ClN6O2. The van der Waals surface area contributed by atoms with Crippen LogP contribution >= 0.6 is 11.6 Å². The standard InChI is InChI=1S/C16H23ClN6O2/c1-21(2)12-19-20-15(24)9-6-10-23-11-18-16(25,22(23)3)13-7-4-5-8-14(13)17/h4-5,7-8,11-12,25H,6,9-10H2,1-3H3,(H,20,24). The second-order valence-corrected chi connectivity index (χ2v) is 6.30. The topological polar surface area (TPSA) is 83.8 Å². The van der Waals surface area contributed by atoms with Gasteiger partial charge in [-0.1, -0.05) is 29.8 Å². The predicted molar refractivity (Wildman–Crippen MR) is 97.9 cm³/mol. The summed E-state index contributed by atoms with van der Waals surface area (Å²) in [6.45, 7) is 0.525. The number of hydrogen-bond donors (Lipinski definition) is 2. The van der Waals surface area contributed by atoms with E-state index in [1.54, 1.807) is 52.6 Å². The number of nitrogens with one attached hydrogen (secondary N) is 1. The first-order chi connectivity index (χ1) is 11.8. The average molecular weight is 367 g/mol. The summed E-state index contributed by atoms with van der Waals surface area (Å²) in [7, 11) is 5.36. The van der Waals surface area contributed by atoms with Crippen LogP contribution in [0, 0.1) is 0 Å². The maximum absolute atomic E-state index is 11.7. The van der Waals surface area contributed by atoms with E-state index in [-0.39, 0.29) is 5.91 Å². The third-order valence-electron chi connectivity index (χ3n) is 3.71. The number of carbonyl (C=O) groups is 1. The lowest BCUT2D eigenvalue weighted by atomic mass is 10.1. The molecule has 0 radical (unpaired) electrons. The Hall–Kier alpha value is -2.16. The normalized spacial score (nSPS) is 20.4. The van der Waals surface area contributed by atoms with Crippen LogP contribution in [-0.4, -0.2) is 66.3 Å². The van der Waals surface area contributed by atoms with Gasteiger partial charge in [-0.15, -0.1) is 0 Å². The molecular weight excluding hydrogens is 344 g/mol. The van der Waals surface area contributed by atoms with Gasteiger partial charge in [0.05, 0.1) is 5.02 Å². The first kappa shape index (κ1) is 19.2. The van der Waals surface area contributed by atoms with Crippen LogP contribution in [0.5, 0.6) is 0 Å². The predicted octanol–water partition coefficient (Wildman–Crippen LogP) is 1.03. The number of aliphatic hydroxyl groups is 1. The molecule has 1 aromatic rings. The number of hydrazone groups is 1. The first-order valence-electron chi connectivity index (χ1n) is 7.86. The number of hydrazine groups is 1. The van der Waals surface area contributed by atoms with Crippen molar-refractivity contribution in [2.75, 3.05) is 27.7 Å². The smallest absolute Gasteiger partial charge is 0.262 e. The summed E-state index contributed by atoms with van der Waals surface area (Å²) in [5.74, 6) is -1.71. The molecule has 136 valence electrons. The van der Waals surface area contributed by atoms with Crippen LogP contribution in [0.15, 0.2) is 34.4 Å². The van der Waals surface area contributed by atoms with E-state index in [1.165, 1.54) is 6.34 Å². The van der Waals surface area contributed by atoms with Gasteiger partial charge < -0.3 is 10.0 Å². The zero-order valence-corrected chi connectivity index (χ0v) is 15.3. The highest BCUT2D eigenvalue weighted by Crippen LogP contribution is 2.35. The molecule has 0 spiro atoms. The lowest BCUT2D eigenvalue weighted by Gasteiger charge is -2.34. The molecule has 0 fully saturated rings. The van der Waals surface area contributed by atoms with Crippen molar-refractivity contribution in [2.45, 2.75) is 18.7 Å². The van der Waals surface area contributed by atoms with Crippen molar-refractivity contribution in [2.24, 2.45) is 10.1 Å². The Labute approximate surface area is 152 Å². The molecule has 1 heterocycles. The number of nitrogens with zero attached hydrogens (tertiary/aromatic N) is 5. The van der Waals surface area contributed by atoms with E-state index in [1.807, 2.05) is 14.1 Å². The maximum Gasteiger partial charge on any atom is 0.262 e. The molecule has 1 aliphatic heterocycles. The van der Waals surface area contributed by atoms with Gasteiger partial charge in [0.2, 0.25) is 5.91 Å². The van der Waals surface area contributed by atoms with Gasteiger partial charge in [-0.25, -0.2) is 10.4 Å². The minimum Gasteiger partial charge on any atom is -0.367 e. The van der Waals surface area contributed by atoms with Crippen molar-refractivity contribution in [1.29, 1.82) is 0 Å². The van der Waals surface area contributed by atoms with Crippen molar-refractivity contribution >= 4 is 30.2 Å². The van der Waals surface area contributed by atoms with Crippen molar-refractivity contribution in [3.8, 4) is 0 Å². The highest BCUT2D eigenvalue weighted by atomic mass is 35.5. The highest BCUT2D eigenvalue weighted by molar-refractivity contribution is 6.31. The molecule has 25 heavy (non-hydrogen) atoms. The number of rotatable bonds is 7. The SMILES string of the molecule is CN(C)C=NNC(=O)CCCN1C=NC(O)(c2ccccc2Cl)N1C. The average Bonchev–Trinajstić information content (AvgIpc) is 2.84. The van der Waals surface area contributed by atoms with Gasteiger partial charge >= 0.3 is 0 Å². The van der Waals surface area contributed by atoms with Gasteiger partial charge in [-0.05, 0) is 12.5 Å². The Kier molecular flexibility index (Phi) is 6.35. The fraction of sp³-hybridized carbons (Fsp3) is 0.438. The minimum atomic E-state index is -1.55. The Morgan fingerprint density at radius 1 is 1.48 bits per heavy atom. The molecule has 0 saturated heterocycles. The van der Waals surface area contributed by atoms with E-state index in [4.69, 9.17) is 11.6 Å². The summed E-state index contributed by atoms with van der Waals surface area (Å²) in [6.07, 6.45) is 3.96. The monoisotopic (exact) mass is 366 g/mol. The lowest BCUT2D eigenvalue weighted by molar-refractivity contribution is -0.153. The number of aliphatic imine (C=N–C) groups is 1. The van der Waals surface area contributed by atoms with Crippen molar-refractivity contribution in [3.63, 3.8) is 0 Å². The molecule has 2 rings (SSSR count). The molecule has 0 saturated carbocycles. The van der Waals surface area contributed by atoms with Gasteiger partial charge in [0.15, 0.2) is 0 Å². The van der Waals surface area contributed by atoms with Crippen LogP contribution in [0.4, 0.5) is 0 Å². The van der Waals surface area contributed by atoms with E-state index in [0.29, 0.717) is 30.0 Å². The molecule has 2 N–H and O–H groups in total. The molecule has 0 aromatic heterocycles. The number of benzene rings is 1. The molecule has 1 atom stereocenters. The Bertz CT molecular complexity index is 666. The Morgan fingerprint density at radius 3 is 2.88 bits per heavy atom. The van der Waals surface area contributed by atoms with Crippen molar-refractivity contribution < 1.29 is 9.90 Å². The lowest BCUT2D eigenvalue weighted by Crippen LogP contribution is -2.47. The van der Waals surface area contributed by atoms with Crippen molar-refractivity contribution in [1.82, 2.24) is 20.3 Å². The van der Waals surface area contributed by atoms with Crippen LogP contribution in [0.1, 0.15) is 18.4 Å². The molecule has 0 aliphatic carbocycles. The zero-order chi connectivity index (χ0) is 18.4. The zero-order valence-electron chi connectivity index (χ0n) is 14.6. The van der Waals surface area contributed by atoms with Crippen LogP contribution < -0.4 is 5.43 Å². The number of halogens is 1. The van der Waals surface area contributed by atoms with Gasteiger partial charge in [0, 0.05) is 39.7 Å². The molecule has 9 heteroatoms. The van der Waals surface area contributed by atoms with Crippen LogP contribution in [0.3, 0.4) is 0 Å². The second-order valence-electron chi connectivity index (χ2n) is 5.89. The molecule has 1 unspecified atom stereocenters. The van der Waals surface area contributed by atoms with Gasteiger partial charge in [0.25, 0.3) is 5.85 Å². The number of carbonyl (C=O) groups excluding carboxylic acids is 1. The van der Waals surface area contributed by atoms with Gasteiger partial charge in [0.1, 0.15) is 12.7 Å². The molecule has 1 aromatic carbocycles. The molecule has 1 aliphatic rings. The number of amides is 1. The molecule has 1 amide bonds. The third-order valence-corrected chi connectivity index (χ3v) is 4.04. The first-order valence-corrected chi connectivity index (χ1v) is 8.24. The van der Waals surface area contributed by atoms with E-state index < -0.39 is 5.85 Å². The van der Waals surface area contributed by atoms with E-state index in [0.717, 1.165) is 0 Å². The van der Waals surface area contributed by atoms with E-state index >= 15 is 0 Å². The quantitative estimate of drug-likeness (QED) is 0.428. The Balaban J connectivity index is 1.87. The fourth-order valence-electron chi connectivity index (χ4n) is 2.35. The van der Waals surface area contributed by atoms with E-state index in [2.05, 4.69) is 15.5 Å². The molecule has 0 bridgehead atoms. The summed E-state index contributed by atoms with van der Waals surface area (Å²) < 4.78 is 0. The summed E-state index contributed by atoms with van der Waals surface area (Å²) in [5.41, 5.74) is 2.96. The summed E-state index contributed by atoms with van der Waals surface area (Å²) in [5, 5.41) is 18.4. The number of hydrogen-bond acceptors (Lipinski definition) is 6. The van der Waals surface area contributed by atoms with E-state index in [9.17, 15) is 9.90 Å². The summed E-state index contributed by atoms with van der Waals surface area (Å²) in [6, 6.07) is 7.03. The summed E-state index contributed by atoms with van der Waals surface area (Å²) >= 11 is 6.17. The fourth-order valence-corrected chi connectivity index (χ4v) is 2.61. The highest BCUT2D eigenvalue weighted by Gasteiger charge is 2.41. The van der Waals surface area contributed by atoms with Gasteiger partial charge in [-0.3, -0.25) is 9.80 Å². The van der Waals surface area contributed by atoms with Crippen LogP contribution in [-0.2, 0) is 10.6 Å². The van der Waals surface area contributed by atoms with Gasteiger partial charge in [-0.2, -0.15) is 10.1 Å². The largest absolute Gasteiger partial charge is 0.367 e. The Morgan fingerprint density at radius 2 is 2.20 bits per heavy atom. The second kappa shape index (κ2) is 8.28. The van der Waals surface area contributed by atoms with Crippen LogP contribution in [0.25, 0.3) is 0 Å². The maximum atomic E-state index is 11.7. The molecule has 8 nitrogen and oxygen atoms in total. The third kappa shape index (κ3) is 4.68. The summed E-state index contributed by atoms with van der Waals surface area (Å²) in [4.78, 5) is 17.6. The van der Waals surface area contributed by atoms with Crippen molar-refractivity contribution in [3.05, 3.63) is 34.9 Å². The van der Waals surface area contributed by atoms with Crippen LogP contribution in [0.2, 0.25) is 5.02 Å².